The second-order valence-electron chi connectivity index (χ2n) is 3.29. The molecule has 0 spiro atoms. The highest BCUT2D eigenvalue weighted by Gasteiger charge is 2.31. The molecule has 80 valence electrons. The molecule has 0 saturated heterocycles. The van der Waals surface area contributed by atoms with E-state index in [0.717, 1.165) is 17.8 Å². The largest absolute Gasteiger partial charge is 0.417 e. The lowest BCUT2D eigenvalue weighted by Gasteiger charge is -2.05. The van der Waals surface area contributed by atoms with Gasteiger partial charge in [0.25, 0.3) is 0 Å². The Morgan fingerprint density at radius 2 is 2.13 bits per heavy atom. The predicted molar refractivity (Wildman–Crippen MR) is 50.5 cm³/mol. The Morgan fingerprint density at radius 1 is 1.40 bits per heavy atom. The molecule has 0 aromatic carbocycles. The van der Waals surface area contributed by atoms with Crippen molar-refractivity contribution in [2.75, 3.05) is 0 Å². The van der Waals surface area contributed by atoms with Gasteiger partial charge < -0.3 is 4.98 Å². The number of aromatic amines is 1. The second kappa shape index (κ2) is 3.25. The molecule has 0 aliphatic heterocycles. The van der Waals surface area contributed by atoms with E-state index >= 15 is 0 Å². The summed E-state index contributed by atoms with van der Waals surface area (Å²) in [6, 6.07) is 1.14. The zero-order valence-electron chi connectivity index (χ0n) is 8.02. The number of nitrogens with zero attached hydrogens (tertiary/aromatic N) is 1. The number of hydrogen-bond donors (Lipinski definition) is 1. The molecule has 2 nitrogen and oxygen atoms in total. The fraction of sp³-hybridized carbons (Fsp3) is 0.300. The molecule has 0 saturated carbocycles. The number of aryl methyl sites for hydroxylation is 1. The minimum absolute atomic E-state index is 0.500. The Kier molecular flexibility index (Phi) is 2.17. The molecule has 15 heavy (non-hydrogen) atoms. The molecule has 0 aliphatic rings. The quantitative estimate of drug-likeness (QED) is 0.776. The fourth-order valence-electron chi connectivity index (χ4n) is 1.51. The molecule has 0 radical (unpaired) electrons. The first-order valence-electron chi connectivity index (χ1n) is 4.55. The van der Waals surface area contributed by atoms with Gasteiger partial charge in [0.1, 0.15) is 5.65 Å². The van der Waals surface area contributed by atoms with Crippen LogP contribution in [0.1, 0.15) is 18.1 Å². The summed E-state index contributed by atoms with van der Waals surface area (Å²) in [4.78, 5) is 6.58. The Balaban J connectivity index is 2.63. The maximum Gasteiger partial charge on any atom is 0.417 e. The molecular formula is C10H9F3N2. The van der Waals surface area contributed by atoms with Crippen LogP contribution in [0.15, 0.2) is 18.5 Å². The topological polar surface area (TPSA) is 28.7 Å². The zero-order chi connectivity index (χ0) is 11.1. The molecule has 5 heteroatoms. The third kappa shape index (κ3) is 1.69. The van der Waals surface area contributed by atoms with Gasteiger partial charge in [-0.15, -0.1) is 0 Å². The van der Waals surface area contributed by atoms with Crippen LogP contribution in [0.25, 0.3) is 11.0 Å². The third-order valence-electron chi connectivity index (χ3n) is 2.32. The van der Waals surface area contributed by atoms with Crippen molar-refractivity contribution in [2.45, 2.75) is 19.5 Å². The van der Waals surface area contributed by atoms with E-state index in [1.807, 2.05) is 6.92 Å². The van der Waals surface area contributed by atoms with E-state index in [4.69, 9.17) is 0 Å². The molecule has 0 amide bonds. The Labute approximate surface area is 84.1 Å². The first kappa shape index (κ1) is 10.0. The van der Waals surface area contributed by atoms with Crippen LogP contribution in [0.3, 0.4) is 0 Å². The summed E-state index contributed by atoms with van der Waals surface area (Å²) in [6.45, 7) is 1.89. The highest BCUT2D eigenvalue weighted by Crippen LogP contribution is 2.31. The number of H-pyrrole nitrogens is 1. The van der Waals surface area contributed by atoms with E-state index in [2.05, 4.69) is 9.97 Å². The molecule has 0 unspecified atom stereocenters. The molecule has 0 atom stereocenters. The van der Waals surface area contributed by atoms with Crippen LogP contribution >= 0.6 is 0 Å². The van der Waals surface area contributed by atoms with Crippen LogP contribution in [0, 0.1) is 0 Å². The van der Waals surface area contributed by atoms with Crippen molar-refractivity contribution in [3.63, 3.8) is 0 Å². The molecule has 1 N–H and O–H groups in total. The lowest BCUT2D eigenvalue weighted by atomic mass is 10.1. The summed E-state index contributed by atoms with van der Waals surface area (Å²) in [5.41, 5.74) is 0.646. The summed E-state index contributed by atoms with van der Waals surface area (Å²) in [5, 5.41) is 0.548. The number of fused-ring (bicyclic) bond motifs is 1. The van der Waals surface area contributed by atoms with Crippen LogP contribution in [0.2, 0.25) is 0 Å². The lowest BCUT2D eigenvalue weighted by molar-refractivity contribution is -0.137. The van der Waals surface area contributed by atoms with Crippen molar-refractivity contribution in [1.29, 1.82) is 0 Å². The van der Waals surface area contributed by atoms with Gasteiger partial charge in [0, 0.05) is 17.8 Å². The number of nitrogens with one attached hydrogen (secondary N) is 1. The smallest absolute Gasteiger partial charge is 0.346 e. The number of hydrogen-bond acceptors (Lipinski definition) is 1. The maximum absolute atomic E-state index is 12.4. The molecular weight excluding hydrogens is 205 g/mol. The summed E-state index contributed by atoms with van der Waals surface area (Å²) in [5.74, 6) is 0. The molecule has 2 aromatic rings. The average molecular weight is 214 g/mol. The van der Waals surface area contributed by atoms with Crippen molar-refractivity contribution in [2.24, 2.45) is 0 Å². The van der Waals surface area contributed by atoms with Gasteiger partial charge >= 0.3 is 6.18 Å². The minimum Gasteiger partial charge on any atom is -0.346 e. The molecule has 0 fully saturated rings. The highest BCUT2D eigenvalue weighted by molar-refractivity contribution is 5.80. The van der Waals surface area contributed by atoms with Crippen LogP contribution in [-0.4, -0.2) is 9.97 Å². The third-order valence-corrected chi connectivity index (χ3v) is 2.32. The predicted octanol–water partition coefficient (Wildman–Crippen LogP) is 3.14. The van der Waals surface area contributed by atoms with E-state index in [9.17, 15) is 13.2 Å². The van der Waals surface area contributed by atoms with E-state index in [0.29, 0.717) is 17.5 Å². The Hall–Kier alpha value is -1.52. The van der Waals surface area contributed by atoms with Gasteiger partial charge in [-0.3, -0.25) is 0 Å². The van der Waals surface area contributed by atoms with E-state index in [1.165, 1.54) is 0 Å². The monoisotopic (exact) mass is 214 g/mol. The normalized spacial score (nSPS) is 12.3. The number of aromatic nitrogens is 2. The van der Waals surface area contributed by atoms with Gasteiger partial charge in [-0.05, 0) is 18.1 Å². The Bertz CT molecular complexity index is 485. The number of alkyl halides is 3. The highest BCUT2D eigenvalue weighted by atomic mass is 19.4. The Morgan fingerprint density at radius 3 is 2.73 bits per heavy atom. The molecule has 0 bridgehead atoms. The van der Waals surface area contributed by atoms with E-state index < -0.39 is 11.7 Å². The molecule has 0 aliphatic carbocycles. The number of rotatable bonds is 1. The first-order chi connectivity index (χ1) is 7.02. The van der Waals surface area contributed by atoms with Crippen LogP contribution in [-0.2, 0) is 12.6 Å². The van der Waals surface area contributed by atoms with Crippen molar-refractivity contribution in [3.8, 4) is 0 Å². The zero-order valence-corrected chi connectivity index (χ0v) is 8.02. The van der Waals surface area contributed by atoms with Crippen molar-refractivity contribution >= 4 is 11.0 Å². The summed E-state index contributed by atoms with van der Waals surface area (Å²) in [7, 11) is 0. The first-order valence-corrected chi connectivity index (χ1v) is 4.55. The van der Waals surface area contributed by atoms with Crippen molar-refractivity contribution < 1.29 is 13.2 Å². The fourth-order valence-corrected chi connectivity index (χ4v) is 1.51. The van der Waals surface area contributed by atoms with Crippen molar-refractivity contribution in [3.05, 3.63) is 29.6 Å². The standard InChI is InChI=1S/C10H9F3N2/c1-2-6-4-14-9-8(6)3-7(5-15-9)10(11,12)13/h3-5H,2H2,1H3,(H,14,15). The van der Waals surface area contributed by atoms with Gasteiger partial charge in [-0.25, -0.2) is 4.98 Å². The van der Waals surface area contributed by atoms with Crippen LogP contribution in [0.5, 0.6) is 0 Å². The lowest BCUT2D eigenvalue weighted by Crippen LogP contribution is -2.05. The summed E-state index contributed by atoms with van der Waals surface area (Å²) < 4.78 is 37.2. The SMILES string of the molecule is CCc1c[nH]c2ncc(C(F)(F)F)cc12. The summed E-state index contributed by atoms with van der Waals surface area (Å²) >= 11 is 0. The number of halogens is 3. The van der Waals surface area contributed by atoms with Gasteiger partial charge in [-0.2, -0.15) is 13.2 Å². The van der Waals surface area contributed by atoms with Gasteiger partial charge in [-0.1, -0.05) is 6.92 Å². The maximum atomic E-state index is 12.4. The van der Waals surface area contributed by atoms with Gasteiger partial charge in [0.15, 0.2) is 0 Å². The van der Waals surface area contributed by atoms with Crippen molar-refractivity contribution in [1.82, 2.24) is 9.97 Å². The average Bonchev–Trinajstić information content (AvgIpc) is 2.57. The van der Waals surface area contributed by atoms with E-state index in [1.54, 1.807) is 6.20 Å². The van der Waals surface area contributed by atoms with Crippen LogP contribution in [0.4, 0.5) is 13.2 Å². The second-order valence-corrected chi connectivity index (χ2v) is 3.29. The molecule has 2 rings (SSSR count). The molecule has 2 aromatic heterocycles. The van der Waals surface area contributed by atoms with E-state index in [-0.39, 0.29) is 0 Å². The summed E-state index contributed by atoms with van der Waals surface area (Å²) in [6.07, 6.45) is -1.11. The molecule has 2 heterocycles. The van der Waals surface area contributed by atoms with Gasteiger partial charge in [0.2, 0.25) is 0 Å². The van der Waals surface area contributed by atoms with Gasteiger partial charge in [0.05, 0.1) is 5.56 Å². The van der Waals surface area contributed by atoms with Crippen LogP contribution < -0.4 is 0 Å². The number of pyridine rings is 1. The minimum atomic E-state index is -4.33.